The minimum atomic E-state index is -0.0112. The monoisotopic (exact) mass is 353 g/mol. The minimum absolute atomic E-state index is 0.0112. The third-order valence-electron chi connectivity index (χ3n) is 5.72. The smallest absolute Gasteiger partial charge is 0.319 e. The van der Waals surface area contributed by atoms with Crippen molar-refractivity contribution in [3.63, 3.8) is 0 Å². The zero-order chi connectivity index (χ0) is 18.3. The maximum atomic E-state index is 13.0. The van der Waals surface area contributed by atoms with Gasteiger partial charge >= 0.3 is 6.03 Å². The number of nitrogens with zero attached hydrogens (tertiary/aromatic N) is 4. The van der Waals surface area contributed by atoms with Crippen LogP contribution in [0.1, 0.15) is 31.2 Å². The standard InChI is InChI=1S/C20H27N5O/c1-14-12-23-11-7-10-18(23)13-24(14)20(26)21-19-15(2)22-25(16(19)3)17-8-5-4-6-9-17/h4-6,8-9,14,18H,7,10-13H2,1-3H3,(H,21,26)/t14-,18+/m1/s1. The lowest BCUT2D eigenvalue weighted by molar-refractivity contribution is 0.0861. The first kappa shape index (κ1) is 17.1. The van der Waals surface area contributed by atoms with E-state index in [0.717, 1.165) is 35.9 Å². The van der Waals surface area contributed by atoms with Crippen molar-refractivity contribution in [1.82, 2.24) is 19.6 Å². The summed E-state index contributed by atoms with van der Waals surface area (Å²) in [6.45, 7) is 9.05. The zero-order valence-corrected chi connectivity index (χ0v) is 15.8. The maximum absolute atomic E-state index is 13.0. The number of aromatic nitrogens is 2. The number of aryl methyl sites for hydroxylation is 1. The van der Waals surface area contributed by atoms with E-state index in [1.807, 2.05) is 53.8 Å². The molecule has 0 spiro atoms. The summed E-state index contributed by atoms with van der Waals surface area (Å²) in [5.74, 6) is 0. The quantitative estimate of drug-likeness (QED) is 0.902. The molecule has 0 aliphatic carbocycles. The van der Waals surface area contributed by atoms with E-state index >= 15 is 0 Å². The number of hydrogen-bond donors (Lipinski definition) is 1. The van der Waals surface area contributed by atoms with Gasteiger partial charge in [0.1, 0.15) is 0 Å². The Morgan fingerprint density at radius 2 is 1.96 bits per heavy atom. The van der Waals surface area contributed by atoms with E-state index in [1.54, 1.807) is 0 Å². The van der Waals surface area contributed by atoms with Gasteiger partial charge in [-0.15, -0.1) is 0 Å². The number of benzene rings is 1. The molecule has 3 heterocycles. The Kier molecular flexibility index (Phi) is 4.44. The number of nitrogens with one attached hydrogen (secondary N) is 1. The highest BCUT2D eigenvalue weighted by molar-refractivity contribution is 5.91. The van der Waals surface area contributed by atoms with Gasteiger partial charge in [0, 0.05) is 25.2 Å². The van der Waals surface area contributed by atoms with Crippen molar-refractivity contribution < 1.29 is 4.79 Å². The van der Waals surface area contributed by atoms with E-state index in [2.05, 4.69) is 22.2 Å². The summed E-state index contributed by atoms with van der Waals surface area (Å²) in [4.78, 5) is 17.5. The highest BCUT2D eigenvalue weighted by atomic mass is 16.2. The van der Waals surface area contributed by atoms with Crippen molar-refractivity contribution in [2.75, 3.05) is 25.0 Å². The van der Waals surface area contributed by atoms with Gasteiger partial charge in [0.25, 0.3) is 0 Å². The molecule has 2 aliphatic heterocycles. The second kappa shape index (κ2) is 6.76. The lowest BCUT2D eigenvalue weighted by Gasteiger charge is -2.42. The number of para-hydroxylation sites is 1. The average Bonchev–Trinajstić information content (AvgIpc) is 3.20. The highest BCUT2D eigenvalue weighted by Gasteiger charge is 2.36. The summed E-state index contributed by atoms with van der Waals surface area (Å²) >= 11 is 0. The summed E-state index contributed by atoms with van der Waals surface area (Å²) in [7, 11) is 0. The Bertz CT molecular complexity index is 800. The van der Waals surface area contributed by atoms with Crippen LogP contribution in [0.25, 0.3) is 5.69 Å². The van der Waals surface area contributed by atoms with Gasteiger partial charge in [0.15, 0.2) is 0 Å². The van der Waals surface area contributed by atoms with E-state index in [-0.39, 0.29) is 12.1 Å². The predicted molar refractivity (Wildman–Crippen MR) is 103 cm³/mol. The Hall–Kier alpha value is -2.34. The minimum Gasteiger partial charge on any atom is -0.319 e. The first-order chi connectivity index (χ1) is 12.5. The predicted octanol–water partition coefficient (Wildman–Crippen LogP) is 3.19. The molecule has 138 valence electrons. The topological polar surface area (TPSA) is 53.4 Å². The largest absolute Gasteiger partial charge is 0.322 e. The van der Waals surface area contributed by atoms with Gasteiger partial charge in [-0.3, -0.25) is 4.90 Å². The third-order valence-corrected chi connectivity index (χ3v) is 5.72. The number of piperazine rings is 1. The molecule has 2 amide bonds. The lowest BCUT2D eigenvalue weighted by atomic mass is 10.1. The zero-order valence-electron chi connectivity index (χ0n) is 15.8. The summed E-state index contributed by atoms with van der Waals surface area (Å²) in [5, 5.41) is 7.76. The van der Waals surface area contributed by atoms with Gasteiger partial charge in [-0.05, 0) is 52.3 Å². The molecule has 6 heteroatoms. The fourth-order valence-electron chi connectivity index (χ4n) is 4.29. The molecule has 0 radical (unpaired) electrons. The van der Waals surface area contributed by atoms with E-state index < -0.39 is 0 Å². The van der Waals surface area contributed by atoms with Crippen LogP contribution in [-0.2, 0) is 0 Å². The Balaban J connectivity index is 1.54. The molecule has 2 aliphatic rings. The van der Waals surface area contributed by atoms with Crippen LogP contribution in [0.3, 0.4) is 0 Å². The van der Waals surface area contributed by atoms with Crippen LogP contribution in [-0.4, -0.2) is 57.3 Å². The Morgan fingerprint density at radius 3 is 2.73 bits per heavy atom. The normalized spacial score (nSPS) is 23.1. The summed E-state index contributed by atoms with van der Waals surface area (Å²) in [5.41, 5.74) is 3.61. The number of urea groups is 1. The van der Waals surface area contributed by atoms with Crippen LogP contribution in [0.5, 0.6) is 0 Å². The molecular weight excluding hydrogens is 326 g/mol. The number of carbonyl (C=O) groups excluding carboxylic acids is 1. The van der Waals surface area contributed by atoms with E-state index in [4.69, 9.17) is 0 Å². The van der Waals surface area contributed by atoms with Crippen molar-refractivity contribution in [2.45, 2.75) is 45.7 Å². The van der Waals surface area contributed by atoms with Crippen LogP contribution < -0.4 is 5.32 Å². The number of amides is 2. The number of hydrogen-bond acceptors (Lipinski definition) is 3. The highest BCUT2D eigenvalue weighted by Crippen LogP contribution is 2.27. The molecule has 0 unspecified atom stereocenters. The van der Waals surface area contributed by atoms with Gasteiger partial charge in [0.2, 0.25) is 0 Å². The van der Waals surface area contributed by atoms with Crippen molar-refractivity contribution in [3.05, 3.63) is 41.7 Å². The van der Waals surface area contributed by atoms with E-state index in [1.165, 1.54) is 19.4 Å². The van der Waals surface area contributed by atoms with Crippen molar-refractivity contribution in [2.24, 2.45) is 0 Å². The molecule has 0 bridgehead atoms. The summed E-state index contributed by atoms with van der Waals surface area (Å²) < 4.78 is 1.89. The van der Waals surface area contributed by atoms with Crippen LogP contribution >= 0.6 is 0 Å². The van der Waals surface area contributed by atoms with E-state index in [9.17, 15) is 4.79 Å². The van der Waals surface area contributed by atoms with Crippen molar-refractivity contribution >= 4 is 11.7 Å². The molecule has 2 aromatic rings. The average molecular weight is 353 g/mol. The molecular formula is C20H27N5O. The SMILES string of the molecule is Cc1nn(-c2ccccc2)c(C)c1NC(=O)N1C[C@@H]2CCCN2C[C@H]1C. The third kappa shape index (κ3) is 2.98. The van der Waals surface area contributed by atoms with Gasteiger partial charge in [-0.2, -0.15) is 5.10 Å². The summed E-state index contributed by atoms with van der Waals surface area (Å²) in [6.07, 6.45) is 2.44. The van der Waals surface area contributed by atoms with Gasteiger partial charge in [0.05, 0.1) is 22.8 Å². The van der Waals surface area contributed by atoms with Crippen LogP contribution in [0.15, 0.2) is 30.3 Å². The molecule has 4 rings (SSSR count). The fourth-order valence-corrected chi connectivity index (χ4v) is 4.29. The number of carbonyl (C=O) groups is 1. The first-order valence-corrected chi connectivity index (χ1v) is 9.48. The van der Waals surface area contributed by atoms with Crippen LogP contribution in [0.4, 0.5) is 10.5 Å². The molecule has 1 aromatic carbocycles. The molecule has 2 atom stereocenters. The van der Waals surface area contributed by atoms with Gasteiger partial charge < -0.3 is 10.2 Å². The molecule has 1 aromatic heterocycles. The Labute approximate surface area is 154 Å². The fraction of sp³-hybridized carbons (Fsp3) is 0.500. The maximum Gasteiger partial charge on any atom is 0.322 e. The number of fused-ring (bicyclic) bond motifs is 1. The van der Waals surface area contributed by atoms with E-state index in [0.29, 0.717) is 6.04 Å². The molecule has 6 nitrogen and oxygen atoms in total. The summed E-state index contributed by atoms with van der Waals surface area (Å²) in [6, 6.07) is 10.8. The number of anilines is 1. The van der Waals surface area contributed by atoms with Crippen molar-refractivity contribution in [1.29, 1.82) is 0 Å². The second-order valence-electron chi connectivity index (χ2n) is 7.52. The van der Waals surface area contributed by atoms with Crippen molar-refractivity contribution in [3.8, 4) is 5.69 Å². The van der Waals surface area contributed by atoms with Crippen LogP contribution in [0.2, 0.25) is 0 Å². The van der Waals surface area contributed by atoms with Crippen LogP contribution in [0, 0.1) is 13.8 Å². The van der Waals surface area contributed by atoms with Gasteiger partial charge in [-0.25, -0.2) is 9.48 Å². The first-order valence-electron chi connectivity index (χ1n) is 9.48. The molecule has 0 saturated carbocycles. The molecule has 2 fully saturated rings. The number of rotatable bonds is 2. The lowest BCUT2D eigenvalue weighted by Crippen LogP contribution is -2.57. The second-order valence-corrected chi connectivity index (χ2v) is 7.52. The molecule has 2 saturated heterocycles. The van der Waals surface area contributed by atoms with Gasteiger partial charge in [-0.1, -0.05) is 18.2 Å². The molecule has 1 N–H and O–H groups in total. The molecule has 26 heavy (non-hydrogen) atoms. The Morgan fingerprint density at radius 1 is 1.19 bits per heavy atom.